The fraction of sp³-hybridized carbons (Fsp3) is 0.261. The van der Waals surface area contributed by atoms with Gasteiger partial charge in [-0.25, -0.2) is 0 Å². The van der Waals surface area contributed by atoms with E-state index in [4.69, 9.17) is 0 Å². The summed E-state index contributed by atoms with van der Waals surface area (Å²) < 4.78 is 0.998. The Morgan fingerprint density at radius 2 is 1.85 bits per heavy atom. The van der Waals surface area contributed by atoms with Crippen molar-refractivity contribution in [3.63, 3.8) is 0 Å². The molecule has 0 N–H and O–H groups in total. The molecule has 0 saturated heterocycles. The van der Waals surface area contributed by atoms with Gasteiger partial charge >= 0.3 is 0 Å². The maximum absolute atomic E-state index is 12.8. The number of fused-ring (bicyclic) bond motifs is 1. The molecule has 1 aliphatic heterocycles. The first-order valence-electron chi connectivity index (χ1n) is 9.39. The van der Waals surface area contributed by atoms with Gasteiger partial charge < -0.3 is 9.80 Å². The summed E-state index contributed by atoms with van der Waals surface area (Å²) >= 11 is 3.43. The Kier molecular flexibility index (Phi) is 6.51. The minimum absolute atomic E-state index is 0.0359. The lowest BCUT2D eigenvalue weighted by Gasteiger charge is -2.28. The SMILES string of the molecule is CCCCCN1C=C/C(=C\C(=O)N(C)c2ccc(Br)cc2)c2ccccc21. The van der Waals surface area contributed by atoms with E-state index in [0.29, 0.717) is 0 Å². The molecule has 0 saturated carbocycles. The van der Waals surface area contributed by atoms with Crippen molar-refractivity contribution in [3.05, 3.63) is 76.9 Å². The van der Waals surface area contributed by atoms with Crippen molar-refractivity contribution in [2.24, 2.45) is 0 Å². The highest BCUT2D eigenvalue weighted by atomic mass is 79.9. The van der Waals surface area contributed by atoms with Crippen LogP contribution in [0.1, 0.15) is 31.7 Å². The molecule has 1 amide bonds. The van der Waals surface area contributed by atoms with Crippen molar-refractivity contribution in [3.8, 4) is 0 Å². The molecule has 2 aromatic rings. The Balaban J connectivity index is 1.82. The van der Waals surface area contributed by atoms with Crippen LogP contribution in [-0.2, 0) is 4.79 Å². The Morgan fingerprint density at radius 3 is 2.59 bits per heavy atom. The lowest BCUT2D eigenvalue weighted by Crippen LogP contribution is -2.25. The Labute approximate surface area is 170 Å². The van der Waals surface area contributed by atoms with Gasteiger partial charge in [0.05, 0.1) is 0 Å². The fourth-order valence-corrected chi connectivity index (χ4v) is 3.45. The number of carbonyl (C=O) groups excluding carboxylic acids is 1. The first-order valence-corrected chi connectivity index (χ1v) is 10.2. The van der Waals surface area contributed by atoms with E-state index in [1.807, 2.05) is 36.4 Å². The third-order valence-corrected chi connectivity index (χ3v) is 5.31. The van der Waals surface area contributed by atoms with Crippen LogP contribution in [0.25, 0.3) is 5.57 Å². The largest absolute Gasteiger partial charge is 0.347 e. The summed E-state index contributed by atoms with van der Waals surface area (Å²) in [6.07, 6.45) is 9.46. The number of benzene rings is 2. The molecule has 0 aliphatic carbocycles. The molecule has 0 atom stereocenters. The van der Waals surface area contributed by atoms with Crippen LogP contribution in [0.4, 0.5) is 11.4 Å². The van der Waals surface area contributed by atoms with Crippen LogP contribution in [0.3, 0.4) is 0 Å². The summed E-state index contributed by atoms with van der Waals surface area (Å²) in [4.78, 5) is 16.7. The molecular formula is C23H25BrN2O. The molecule has 0 bridgehead atoms. The third-order valence-electron chi connectivity index (χ3n) is 4.78. The van der Waals surface area contributed by atoms with Crippen LogP contribution >= 0.6 is 15.9 Å². The second kappa shape index (κ2) is 9.05. The highest BCUT2D eigenvalue weighted by Crippen LogP contribution is 2.33. The highest BCUT2D eigenvalue weighted by molar-refractivity contribution is 9.10. The molecule has 1 heterocycles. The number of carbonyl (C=O) groups is 1. The van der Waals surface area contributed by atoms with Crippen molar-refractivity contribution in [2.45, 2.75) is 26.2 Å². The van der Waals surface area contributed by atoms with Gasteiger partial charge in [-0.15, -0.1) is 0 Å². The molecule has 1 aliphatic rings. The number of amides is 1. The standard InChI is InChI=1S/C23H25BrN2O/c1-3-4-7-15-26-16-14-18(21-8-5-6-9-22(21)26)17-23(27)25(2)20-12-10-19(24)11-13-20/h5-6,8-14,16-17H,3-4,7,15H2,1-2H3/b18-17+. The van der Waals surface area contributed by atoms with Gasteiger partial charge in [0.1, 0.15) is 0 Å². The molecule has 0 radical (unpaired) electrons. The summed E-state index contributed by atoms with van der Waals surface area (Å²) in [5.74, 6) is -0.0359. The zero-order chi connectivity index (χ0) is 19.2. The summed E-state index contributed by atoms with van der Waals surface area (Å²) in [7, 11) is 1.80. The second-order valence-electron chi connectivity index (χ2n) is 6.71. The van der Waals surface area contributed by atoms with Crippen molar-refractivity contribution in [1.29, 1.82) is 0 Å². The lowest BCUT2D eigenvalue weighted by molar-refractivity contribution is -0.113. The number of anilines is 2. The van der Waals surface area contributed by atoms with E-state index in [1.54, 1.807) is 18.0 Å². The van der Waals surface area contributed by atoms with Crippen LogP contribution in [0.2, 0.25) is 0 Å². The number of allylic oxidation sites excluding steroid dienone is 2. The predicted molar refractivity (Wildman–Crippen MR) is 118 cm³/mol. The minimum atomic E-state index is -0.0359. The van der Waals surface area contributed by atoms with E-state index in [9.17, 15) is 4.79 Å². The highest BCUT2D eigenvalue weighted by Gasteiger charge is 2.17. The smallest absolute Gasteiger partial charge is 0.251 e. The number of halogens is 1. The van der Waals surface area contributed by atoms with Crippen LogP contribution in [0.15, 0.2) is 71.4 Å². The van der Waals surface area contributed by atoms with Gasteiger partial charge in [-0.05, 0) is 48.4 Å². The molecule has 0 unspecified atom stereocenters. The second-order valence-corrected chi connectivity index (χ2v) is 7.62. The van der Waals surface area contributed by atoms with E-state index < -0.39 is 0 Å². The van der Waals surface area contributed by atoms with Crippen LogP contribution in [-0.4, -0.2) is 19.5 Å². The molecule has 0 fully saturated rings. The van der Waals surface area contributed by atoms with Gasteiger partial charge in [-0.1, -0.05) is 53.9 Å². The van der Waals surface area contributed by atoms with Gasteiger partial charge in [-0.2, -0.15) is 0 Å². The first-order chi connectivity index (χ1) is 13.1. The molecular weight excluding hydrogens is 400 g/mol. The van der Waals surface area contributed by atoms with Crippen LogP contribution < -0.4 is 9.80 Å². The maximum Gasteiger partial charge on any atom is 0.251 e. The first kappa shape index (κ1) is 19.4. The monoisotopic (exact) mass is 424 g/mol. The number of unbranched alkanes of at least 4 members (excludes halogenated alkanes) is 2. The van der Waals surface area contributed by atoms with Crippen molar-refractivity contribution < 1.29 is 4.79 Å². The molecule has 3 rings (SSSR count). The van der Waals surface area contributed by atoms with E-state index in [-0.39, 0.29) is 5.91 Å². The van der Waals surface area contributed by atoms with Gasteiger partial charge in [0.15, 0.2) is 0 Å². The summed E-state index contributed by atoms with van der Waals surface area (Å²) in [5.41, 5.74) is 4.09. The molecule has 0 spiro atoms. The summed E-state index contributed by atoms with van der Waals surface area (Å²) in [6, 6.07) is 16.0. The topological polar surface area (TPSA) is 23.6 Å². The molecule has 2 aromatic carbocycles. The van der Waals surface area contributed by atoms with E-state index in [1.165, 1.54) is 24.9 Å². The normalized spacial score (nSPS) is 14.3. The van der Waals surface area contributed by atoms with Crippen molar-refractivity contribution >= 4 is 38.8 Å². The zero-order valence-corrected chi connectivity index (χ0v) is 17.4. The van der Waals surface area contributed by atoms with Gasteiger partial charge in [0.2, 0.25) is 0 Å². The number of likely N-dealkylation sites (N-methyl/N-ethyl adjacent to an activating group) is 1. The van der Waals surface area contributed by atoms with Crippen molar-refractivity contribution in [1.82, 2.24) is 0 Å². The number of para-hydroxylation sites is 1. The third kappa shape index (κ3) is 4.69. The molecule has 27 heavy (non-hydrogen) atoms. The summed E-state index contributed by atoms with van der Waals surface area (Å²) in [6.45, 7) is 3.22. The van der Waals surface area contributed by atoms with E-state index in [2.05, 4.69) is 52.2 Å². The number of nitrogens with zero attached hydrogens (tertiary/aromatic N) is 2. The molecule has 4 heteroatoms. The van der Waals surface area contributed by atoms with Gasteiger partial charge in [0, 0.05) is 47.3 Å². The van der Waals surface area contributed by atoms with E-state index in [0.717, 1.165) is 27.8 Å². The Morgan fingerprint density at radius 1 is 1.11 bits per heavy atom. The maximum atomic E-state index is 12.8. The quantitative estimate of drug-likeness (QED) is 0.418. The molecule has 0 aromatic heterocycles. The Hall–Kier alpha value is -2.33. The zero-order valence-electron chi connectivity index (χ0n) is 15.9. The lowest BCUT2D eigenvalue weighted by atomic mass is 9.99. The average molecular weight is 425 g/mol. The van der Waals surface area contributed by atoms with Gasteiger partial charge in [-0.3, -0.25) is 4.79 Å². The number of hydrogen-bond donors (Lipinski definition) is 0. The fourth-order valence-electron chi connectivity index (χ4n) is 3.18. The van der Waals surface area contributed by atoms with E-state index >= 15 is 0 Å². The van der Waals surface area contributed by atoms with Crippen LogP contribution in [0.5, 0.6) is 0 Å². The van der Waals surface area contributed by atoms with Gasteiger partial charge in [0.25, 0.3) is 5.91 Å². The van der Waals surface area contributed by atoms with Crippen LogP contribution in [0, 0.1) is 0 Å². The number of rotatable bonds is 6. The molecule has 3 nitrogen and oxygen atoms in total. The number of hydrogen-bond acceptors (Lipinski definition) is 2. The Bertz CT molecular complexity index is 855. The van der Waals surface area contributed by atoms with Crippen molar-refractivity contribution in [2.75, 3.05) is 23.4 Å². The predicted octanol–water partition coefficient (Wildman–Crippen LogP) is 6.02. The summed E-state index contributed by atoms with van der Waals surface area (Å²) in [5, 5.41) is 0. The minimum Gasteiger partial charge on any atom is -0.347 e. The molecule has 140 valence electrons. The average Bonchev–Trinajstić information content (AvgIpc) is 2.69.